The summed E-state index contributed by atoms with van der Waals surface area (Å²) in [4.78, 5) is 11.5. The third-order valence-electron chi connectivity index (χ3n) is 11.0. The van der Waals surface area contributed by atoms with Crippen molar-refractivity contribution < 1.29 is 31.5 Å². The summed E-state index contributed by atoms with van der Waals surface area (Å²) in [6.07, 6.45) is 14.3. The molecule has 7 heteroatoms. The minimum atomic E-state index is -1.11. The average Bonchev–Trinajstić information content (AvgIpc) is 3.16. The van der Waals surface area contributed by atoms with Gasteiger partial charge >= 0.3 is 36.6 Å². The van der Waals surface area contributed by atoms with Gasteiger partial charge in [0.25, 0.3) is 0 Å². The molecule has 0 radical (unpaired) electrons. The first-order chi connectivity index (χ1) is 26.2. The Hall–Kier alpha value is -1.28. The van der Waals surface area contributed by atoms with Crippen LogP contribution in [0.15, 0.2) is 54.6 Å². The maximum atomic E-state index is 11.5. The molecular formula is C48H72BrO3PPdSi. The van der Waals surface area contributed by atoms with E-state index >= 15 is 0 Å². The van der Waals surface area contributed by atoms with Crippen LogP contribution in [0.1, 0.15) is 164 Å². The van der Waals surface area contributed by atoms with Crippen molar-refractivity contribution in [2.24, 2.45) is 0 Å². The average molecular weight is 942 g/mol. The van der Waals surface area contributed by atoms with Crippen molar-refractivity contribution in [3.05, 3.63) is 82.9 Å². The maximum absolute atomic E-state index is 11.5. The van der Waals surface area contributed by atoms with E-state index in [1.54, 1.807) is 29.6 Å². The van der Waals surface area contributed by atoms with Crippen molar-refractivity contribution in [3.63, 3.8) is 0 Å². The van der Waals surface area contributed by atoms with Crippen LogP contribution in [-0.2, 0) is 21.9 Å². The Morgan fingerprint density at radius 3 is 1.73 bits per heavy atom. The summed E-state index contributed by atoms with van der Waals surface area (Å²) in [7, 11) is -1.40. The molecule has 0 N–H and O–H groups in total. The Morgan fingerprint density at radius 2 is 1.29 bits per heavy atom. The number of rotatable bonds is 13. The molecule has 2 fully saturated rings. The Bertz CT molecular complexity index is 1530. The SMILES string of the molecule is CC(C)Oc1cccc(-c2c(C(C)C)cc(C(C)C)cc2C(C)C)c1P(C1CCCCC1)C1CCCCC1.C[Si](C)(C)CCOC(=O)c1cc[c-]cc1.[Br][Pd+]. The van der Waals surface area contributed by atoms with Gasteiger partial charge in [0.1, 0.15) is 5.75 Å². The first-order valence-corrected chi connectivity index (χ1v) is 29.9. The van der Waals surface area contributed by atoms with Crippen LogP contribution in [0.25, 0.3) is 11.1 Å². The van der Waals surface area contributed by atoms with E-state index in [1.807, 2.05) is 0 Å². The van der Waals surface area contributed by atoms with Crippen molar-refractivity contribution in [2.75, 3.05) is 6.61 Å². The van der Waals surface area contributed by atoms with Crippen LogP contribution in [0.2, 0.25) is 25.7 Å². The van der Waals surface area contributed by atoms with Gasteiger partial charge in [0.15, 0.2) is 0 Å². The summed E-state index contributed by atoms with van der Waals surface area (Å²) in [6, 6.07) is 22.9. The van der Waals surface area contributed by atoms with Crippen LogP contribution in [0.5, 0.6) is 5.75 Å². The quantitative estimate of drug-likeness (QED) is 0.0741. The molecule has 0 unspecified atom stereocenters. The molecule has 3 nitrogen and oxygen atoms in total. The molecule has 2 aliphatic carbocycles. The zero-order valence-corrected chi connectivity index (χ0v) is 41.0. The van der Waals surface area contributed by atoms with Gasteiger partial charge in [-0.25, -0.2) is 4.79 Å². The molecule has 5 rings (SSSR count). The van der Waals surface area contributed by atoms with Crippen LogP contribution < -0.4 is 10.0 Å². The number of benzene rings is 3. The number of ether oxygens (including phenoxy) is 2. The summed E-state index contributed by atoms with van der Waals surface area (Å²) in [5.74, 6) is 2.47. The van der Waals surface area contributed by atoms with Crippen molar-refractivity contribution in [1.82, 2.24) is 0 Å². The van der Waals surface area contributed by atoms with Gasteiger partial charge in [-0.05, 0) is 114 Å². The molecule has 0 spiro atoms. The fourth-order valence-electron chi connectivity index (χ4n) is 8.04. The summed E-state index contributed by atoms with van der Waals surface area (Å²) in [5.41, 5.74) is 9.88. The van der Waals surface area contributed by atoms with Gasteiger partial charge in [0, 0.05) is 13.4 Å². The number of esters is 1. The molecule has 308 valence electrons. The van der Waals surface area contributed by atoms with E-state index in [2.05, 4.69) is 142 Å². The molecule has 0 amide bonds. The Labute approximate surface area is 356 Å². The molecule has 3 aromatic rings. The molecule has 0 aromatic heterocycles. The number of halogens is 1. The van der Waals surface area contributed by atoms with Crippen molar-refractivity contribution in [1.29, 1.82) is 0 Å². The predicted octanol–water partition coefficient (Wildman–Crippen LogP) is 15.1. The monoisotopic (exact) mass is 940 g/mol. The minimum absolute atomic E-state index is 0.191. The van der Waals surface area contributed by atoms with E-state index in [-0.39, 0.29) is 20.0 Å². The zero-order valence-electron chi connectivity index (χ0n) is 36.0. The van der Waals surface area contributed by atoms with E-state index in [0.717, 1.165) is 17.4 Å². The molecule has 0 atom stereocenters. The molecule has 0 bridgehead atoms. The van der Waals surface area contributed by atoms with Gasteiger partial charge in [0.05, 0.1) is 12.7 Å². The molecular weight excluding hydrogens is 870 g/mol. The van der Waals surface area contributed by atoms with Crippen molar-refractivity contribution in [2.45, 2.75) is 180 Å². The molecule has 55 heavy (non-hydrogen) atoms. The number of hydrogen-bond acceptors (Lipinski definition) is 3. The standard InChI is InChI=1S/C36H55OP.C12H17O2Si.BrH.Pd/c1-24(2)28-22-32(25(3)4)35(33(23-28)26(5)6)31-20-15-21-34(37-27(7)8)36(31)38(29-16-11-9-12-17-29)30-18-13-10-14-19-30;1-15(2,3)10-9-14-12(13)11-7-5-4-6-8-11;;/h15,20-27,29-30H,9-14,16-19H2,1-8H3;5-8H,9-10H2,1-3H3;1H;/q;-1;;+2/p-1. The predicted molar refractivity (Wildman–Crippen MR) is 243 cm³/mol. The Kier molecular flexibility index (Phi) is 20.9. The fraction of sp³-hybridized carbons (Fsp3) is 0.604. The van der Waals surface area contributed by atoms with Gasteiger partial charge in [-0.3, -0.25) is 0 Å². The first-order valence-electron chi connectivity index (χ1n) is 21.2. The second-order valence-electron chi connectivity index (χ2n) is 18.1. The van der Waals surface area contributed by atoms with E-state index in [1.165, 1.54) is 97.8 Å². The Balaban J connectivity index is 0.000000400. The van der Waals surface area contributed by atoms with Crippen LogP contribution >= 0.6 is 21.4 Å². The van der Waals surface area contributed by atoms with Gasteiger partial charge in [-0.2, -0.15) is 30.3 Å². The number of hydrogen-bond donors (Lipinski definition) is 0. The van der Waals surface area contributed by atoms with Crippen LogP contribution in [0.3, 0.4) is 0 Å². The molecule has 3 aromatic carbocycles. The van der Waals surface area contributed by atoms with Crippen molar-refractivity contribution >= 4 is 40.7 Å². The zero-order chi connectivity index (χ0) is 40.7. The summed E-state index contributed by atoms with van der Waals surface area (Å²) in [6.45, 7) is 26.0. The normalized spacial score (nSPS) is 15.5. The van der Waals surface area contributed by atoms with Crippen LogP contribution in [0.4, 0.5) is 0 Å². The third kappa shape index (κ3) is 14.8. The van der Waals surface area contributed by atoms with E-state index in [9.17, 15) is 4.79 Å². The number of carbonyl (C=O) groups is 1. The molecule has 0 aliphatic heterocycles. The third-order valence-corrected chi connectivity index (χ3v) is 16.3. The van der Waals surface area contributed by atoms with E-state index in [4.69, 9.17) is 9.47 Å². The number of carbonyl (C=O) groups excluding carboxylic acids is 1. The molecule has 0 saturated heterocycles. The summed E-state index contributed by atoms with van der Waals surface area (Å²) < 4.78 is 11.9. The first kappa shape index (κ1) is 48.1. The summed E-state index contributed by atoms with van der Waals surface area (Å²) in [5, 5.41) is 1.62. The van der Waals surface area contributed by atoms with Gasteiger partial charge in [0.2, 0.25) is 0 Å². The van der Waals surface area contributed by atoms with Gasteiger partial charge in [-0.15, -0.1) is 0 Å². The Morgan fingerprint density at radius 1 is 0.782 bits per heavy atom. The van der Waals surface area contributed by atoms with E-state index < -0.39 is 8.07 Å². The van der Waals surface area contributed by atoms with Crippen molar-refractivity contribution in [3.8, 4) is 16.9 Å². The van der Waals surface area contributed by atoms with E-state index in [0.29, 0.717) is 29.9 Å². The fourth-order valence-corrected chi connectivity index (χ4v) is 12.8. The molecule has 2 aliphatic rings. The van der Waals surface area contributed by atoms with Gasteiger partial charge in [-0.1, -0.05) is 132 Å². The van der Waals surface area contributed by atoms with Gasteiger partial charge < -0.3 is 9.47 Å². The molecule has 0 heterocycles. The second-order valence-corrected chi connectivity index (χ2v) is 26.4. The summed E-state index contributed by atoms with van der Waals surface area (Å²) >= 11 is 5.35. The topological polar surface area (TPSA) is 35.5 Å². The second kappa shape index (κ2) is 24.0. The van der Waals surface area contributed by atoms with Crippen LogP contribution in [-0.4, -0.2) is 38.1 Å². The van der Waals surface area contributed by atoms with Crippen LogP contribution in [0, 0.1) is 6.07 Å². The molecule has 2 saturated carbocycles.